The van der Waals surface area contributed by atoms with E-state index in [1.54, 1.807) is 0 Å². The molecule has 0 aliphatic heterocycles. The van der Waals surface area contributed by atoms with Gasteiger partial charge in [-0.3, -0.25) is 0 Å². The van der Waals surface area contributed by atoms with E-state index >= 15 is 0 Å². The fraction of sp³-hybridized carbons (Fsp3) is 0.938. The average molecular weight is 559 g/mol. The van der Waals surface area contributed by atoms with E-state index in [0.717, 1.165) is 25.7 Å². The summed E-state index contributed by atoms with van der Waals surface area (Å²) < 4.78 is 0. The van der Waals surface area contributed by atoms with E-state index in [-0.39, 0.29) is 58.9 Å². The van der Waals surface area contributed by atoms with Crippen molar-refractivity contribution >= 4 is 58.0 Å². The molecule has 0 aliphatic carbocycles. The molecule has 0 atom stereocenters. The van der Waals surface area contributed by atoms with Gasteiger partial charge in [0, 0.05) is 11.9 Å². The first-order valence-corrected chi connectivity index (χ1v) is 15.9. The summed E-state index contributed by atoms with van der Waals surface area (Å²) in [6, 6.07) is 0. The number of aliphatic carboxylic acids is 2. The Balaban J connectivity index is -0.000000295. The molecular formula is C32H62Mg2O4+2. The van der Waals surface area contributed by atoms with Crippen molar-refractivity contribution < 1.29 is 19.8 Å². The molecule has 216 valence electrons. The second-order valence-electron chi connectivity index (χ2n) is 10.7. The van der Waals surface area contributed by atoms with E-state index < -0.39 is 11.9 Å². The summed E-state index contributed by atoms with van der Waals surface area (Å²) in [5, 5.41) is 20.4. The van der Waals surface area contributed by atoms with Crippen LogP contribution in [0.3, 0.4) is 0 Å². The average Bonchev–Trinajstić information content (AvgIpc) is 2.85. The molecule has 0 N–H and O–H groups in total. The van der Waals surface area contributed by atoms with Gasteiger partial charge in [-0.2, -0.15) is 0 Å². The van der Waals surface area contributed by atoms with Crippen molar-refractivity contribution in [2.45, 2.75) is 194 Å². The first-order valence-electron chi connectivity index (χ1n) is 15.9. The number of carboxylic acids is 2. The maximum Gasteiger partial charge on any atom is 2.00 e. The standard InChI is InChI=1S/C18H36O2.C14H28O2.2Mg/c1-2-3-4-5-6-7-8-9-10-11-12-13-14-15-16-17-18(19)20;1-2-3-4-5-6-7-8-9-10-11-12-13-14(15)16;;/h2-17H2,1H3,(H,19,20);2-13H2,1H3,(H,15,16);;/q;;2*+2/p-2. The van der Waals surface area contributed by atoms with Gasteiger partial charge in [-0.1, -0.05) is 168 Å². The topological polar surface area (TPSA) is 80.3 Å². The van der Waals surface area contributed by atoms with Crippen LogP contribution >= 0.6 is 0 Å². The molecule has 0 bridgehead atoms. The number of carbonyl (C=O) groups excluding carboxylic acids is 2. The van der Waals surface area contributed by atoms with E-state index in [1.807, 2.05) is 0 Å². The monoisotopic (exact) mass is 558 g/mol. The number of carboxylic acid groups (broad SMARTS) is 2. The molecule has 0 aromatic heterocycles. The van der Waals surface area contributed by atoms with Crippen LogP contribution in [0.4, 0.5) is 0 Å². The third-order valence-corrected chi connectivity index (χ3v) is 6.97. The molecule has 0 fully saturated rings. The van der Waals surface area contributed by atoms with Crippen LogP contribution in [0.25, 0.3) is 0 Å². The van der Waals surface area contributed by atoms with E-state index in [0.29, 0.717) is 0 Å². The van der Waals surface area contributed by atoms with Gasteiger partial charge in [0.1, 0.15) is 0 Å². The van der Waals surface area contributed by atoms with Crippen molar-refractivity contribution in [3.8, 4) is 0 Å². The second kappa shape index (κ2) is 41.9. The molecule has 0 radical (unpaired) electrons. The van der Waals surface area contributed by atoms with Crippen LogP contribution in [-0.4, -0.2) is 58.0 Å². The Labute approximate surface area is 270 Å². The quantitative estimate of drug-likeness (QED) is 0.0728. The molecule has 6 heteroatoms. The normalized spacial score (nSPS) is 10.2. The first-order chi connectivity index (χ1) is 17.5. The summed E-state index contributed by atoms with van der Waals surface area (Å²) in [6.07, 6.45) is 33.9. The van der Waals surface area contributed by atoms with Crippen molar-refractivity contribution in [2.24, 2.45) is 0 Å². The van der Waals surface area contributed by atoms with E-state index in [9.17, 15) is 19.8 Å². The molecule has 0 spiro atoms. The van der Waals surface area contributed by atoms with Gasteiger partial charge in [-0.05, 0) is 25.7 Å². The Morgan fingerprint density at radius 2 is 0.500 bits per heavy atom. The van der Waals surface area contributed by atoms with Crippen LogP contribution in [0.2, 0.25) is 0 Å². The summed E-state index contributed by atoms with van der Waals surface area (Å²) in [5.41, 5.74) is 0. The number of hydrogen-bond donors (Lipinski definition) is 0. The minimum absolute atomic E-state index is 0. The van der Waals surface area contributed by atoms with E-state index in [4.69, 9.17) is 0 Å². The van der Waals surface area contributed by atoms with Crippen molar-refractivity contribution in [1.82, 2.24) is 0 Å². The summed E-state index contributed by atoms with van der Waals surface area (Å²) in [4.78, 5) is 20.4. The molecule has 0 aliphatic rings. The predicted molar refractivity (Wildman–Crippen MR) is 162 cm³/mol. The summed E-state index contributed by atoms with van der Waals surface area (Å²) in [7, 11) is 0. The summed E-state index contributed by atoms with van der Waals surface area (Å²) >= 11 is 0. The molecule has 4 nitrogen and oxygen atoms in total. The maximum atomic E-state index is 10.2. The Hall–Kier alpha value is 0.472. The minimum atomic E-state index is -0.907. The van der Waals surface area contributed by atoms with Crippen LogP contribution in [-0.2, 0) is 9.59 Å². The van der Waals surface area contributed by atoms with Crippen LogP contribution in [0.5, 0.6) is 0 Å². The zero-order chi connectivity index (χ0) is 27.0. The largest absolute Gasteiger partial charge is 2.00 e. The molecule has 0 aromatic rings. The SMILES string of the molecule is CCCCCCCCCCCCCC(=O)[O-].CCCCCCCCCCCCCCCCCC(=O)[O-].[Mg+2].[Mg+2]. The number of hydrogen-bond acceptors (Lipinski definition) is 4. The first kappa shape index (κ1) is 45.5. The zero-order valence-electron chi connectivity index (χ0n) is 25.8. The van der Waals surface area contributed by atoms with Gasteiger partial charge >= 0.3 is 46.1 Å². The number of carbonyl (C=O) groups is 2. The second-order valence-corrected chi connectivity index (χ2v) is 10.7. The van der Waals surface area contributed by atoms with Gasteiger partial charge in [0.05, 0.1) is 0 Å². The number of unbranched alkanes of at least 4 members (excludes halogenated alkanes) is 24. The summed E-state index contributed by atoms with van der Waals surface area (Å²) in [5.74, 6) is -1.81. The molecule has 38 heavy (non-hydrogen) atoms. The van der Waals surface area contributed by atoms with E-state index in [1.165, 1.54) is 141 Å². The maximum absolute atomic E-state index is 10.2. The van der Waals surface area contributed by atoms with E-state index in [2.05, 4.69) is 13.8 Å². The summed E-state index contributed by atoms with van der Waals surface area (Å²) in [6.45, 7) is 4.51. The molecule has 0 saturated carbocycles. The van der Waals surface area contributed by atoms with Crippen molar-refractivity contribution in [3.05, 3.63) is 0 Å². The van der Waals surface area contributed by atoms with Gasteiger partial charge in [-0.15, -0.1) is 0 Å². The predicted octanol–water partition coefficient (Wildman–Crippen LogP) is 7.67. The van der Waals surface area contributed by atoms with Crippen molar-refractivity contribution in [1.29, 1.82) is 0 Å². The minimum Gasteiger partial charge on any atom is -0.550 e. The zero-order valence-corrected chi connectivity index (χ0v) is 28.7. The molecule has 0 unspecified atom stereocenters. The van der Waals surface area contributed by atoms with Crippen LogP contribution in [0.15, 0.2) is 0 Å². The molecule has 0 rings (SSSR count). The molecule has 0 amide bonds. The Kier molecular flexibility index (Phi) is 50.2. The van der Waals surface area contributed by atoms with Gasteiger partial charge in [0.15, 0.2) is 0 Å². The third-order valence-electron chi connectivity index (χ3n) is 6.97. The van der Waals surface area contributed by atoms with Gasteiger partial charge in [0.25, 0.3) is 0 Å². The van der Waals surface area contributed by atoms with Crippen molar-refractivity contribution in [2.75, 3.05) is 0 Å². The Bertz CT molecular complexity index is 447. The van der Waals surface area contributed by atoms with Gasteiger partial charge in [0.2, 0.25) is 0 Å². The van der Waals surface area contributed by atoms with Gasteiger partial charge < -0.3 is 19.8 Å². The Morgan fingerprint density at radius 1 is 0.342 bits per heavy atom. The molecule has 0 heterocycles. The van der Waals surface area contributed by atoms with Crippen LogP contribution < -0.4 is 10.2 Å². The fourth-order valence-corrected chi connectivity index (χ4v) is 4.57. The third kappa shape index (κ3) is 49.4. The van der Waals surface area contributed by atoms with Crippen molar-refractivity contribution in [3.63, 3.8) is 0 Å². The smallest absolute Gasteiger partial charge is 0.550 e. The molecular weight excluding hydrogens is 497 g/mol. The molecule has 0 aromatic carbocycles. The van der Waals surface area contributed by atoms with Crippen LogP contribution in [0, 0.1) is 0 Å². The van der Waals surface area contributed by atoms with Gasteiger partial charge in [-0.25, -0.2) is 0 Å². The molecule has 0 saturated heterocycles. The van der Waals surface area contributed by atoms with Crippen LogP contribution in [0.1, 0.15) is 194 Å². The number of rotatable bonds is 28. The Morgan fingerprint density at radius 3 is 0.658 bits per heavy atom. The fourth-order valence-electron chi connectivity index (χ4n) is 4.57.